The van der Waals surface area contributed by atoms with Crippen LogP contribution in [-0.4, -0.2) is 41.1 Å². The normalized spacial score (nSPS) is 25.8. The number of nitrogens with zero attached hydrogens (tertiary/aromatic N) is 2. The van der Waals surface area contributed by atoms with Crippen molar-refractivity contribution >= 4 is 11.5 Å². The summed E-state index contributed by atoms with van der Waals surface area (Å²) >= 11 is 0. The Hall–Kier alpha value is -1.68. The molecule has 2 aliphatic heterocycles. The van der Waals surface area contributed by atoms with E-state index in [0.29, 0.717) is 6.54 Å². The molecule has 21 heavy (non-hydrogen) atoms. The average molecular weight is 286 g/mol. The van der Waals surface area contributed by atoms with E-state index in [4.69, 9.17) is 4.74 Å². The highest BCUT2D eigenvalue weighted by Gasteiger charge is 2.33. The van der Waals surface area contributed by atoms with E-state index in [2.05, 4.69) is 18.0 Å². The molecular weight excluding hydrogens is 264 g/mol. The molecule has 1 fully saturated rings. The highest BCUT2D eigenvalue weighted by atomic mass is 16.5. The van der Waals surface area contributed by atoms with Crippen LogP contribution in [0.4, 0.5) is 0 Å². The van der Waals surface area contributed by atoms with Gasteiger partial charge in [0.15, 0.2) is 0 Å². The second kappa shape index (κ2) is 6.39. The van der Waals surface area contributed by atoms with E-state index in [9.17, 15) is 4.79 Å². The third kappa shape index (κ3) is 3.16. The molecule has 0 bridgehead atoms. The predicted octanol–water partition coefficient (Wildman–Crippen LogP) is 2.65. The van der Waals surface area contributed by atoms with Gasteiger partial charge in [-0.15, -0.1) is 0 Å². The van der Waals surface area contributed by atoms with Crippen LogP contribution in [0, 0.1) is 0 Å². The minimum Gasteiger partial charge on any atom is -0.365 e. The van der Waals surface area contributed by atoms with Crippen LogP contribution < -0.4 is 0 Å². The van der Waals surface area contributed by atoms with Gasteiger partial charge in [0, 0.05) is 25.5 Å². The Labute approximate surface area is 125 Å². The minimum atomic E-state index is -0.230. The summed E-state index contributed by atoms with van der Waals surface area (Å²) < 4.78 is 5.85. The molecule has 112 valence electrons. The lowest BCUT2D eigenvalue weighted by Gasteiger charge is -2.29. The summed E-state index contributed by atoms with van der Waals surface area (Å²) in [6, 6.07) is 4.00. The largest absolute Gasteiger partial charge is 0.365 e. The maximum Gasteiger partial charge on any atom is 0.252 e. The number of carbonyl (C=O) groups excluding carboxylic acids is 1. The zero-order chi connectivity index (χ0) is 14.7. The SMILES string of the molecule is CCC1CCC(C(=O)N2CCC=C(c3ccncc3)C2)O1. The summed E-state index contributed by atoms with van der Waals surface area (Å²) in [7, 11) is 0. The zero-order valence-electron chi connectivity index (χ0n) is 12.5. The number of rotatable bonds is 3. The number of aromatic nitrogens is 1. The quantitative estimate of drug-likeness (QED) is 0.858. The fourth-order valence-corrected chi connectivity index (χ4v) is 3.10. The first-order chi connectivity index (χ1) is 10.3. The molecule has 2 unspecified atom stereocenters. The molecule has 0 radical (unpaired) electrons. The molecule has 0 N–H and O–H groups in total. The van der Waals surface area contributed by atoms with Gasteiger partial charge in [-0.1, -0.05) is 13.0 Å². The van der Waals surface area contributed by atoms with E-state index in [-0.39, 0.29) is 18.1 Å². The van der Waals surface area contributed by atoms with Crippen molar-refractivity contribution in [2.24, 2.45) is 0 Å². The first-order valence-electron chi connectivity index (χ1n) is 7.81. The van der Waals surface area contributed by atoms with Gasteiger partial charge in [0.2, 0.25) is 0 Å². The molecule has 0 spiro atoms. The van der Waals surface area contributed by atoms with E-state index >= 15 is 0 Å². The first kappa shape index (κ1) is 14.3. The van der Waals surface area contributed by atoms with E-state index in [1.807, 2.05) is 17.0 Å². The molecule has 2 atom stereocenters. The van der Waals surface area contributed by atoms with E-state index in [0.717, 1.165) is 37.8 Å². The summed E-state index contributed by atoms with van der Waals surface area (Å²) in [5, 5.41) is 0. The average Bonchev–Trinajstić information content (AvgIpc) is 3.04. The Bertz CT molecular complexity index is 527. The fourth-order valence-electron chi connectivity index (χ4n) is 3.10. The number of hydrogen-bond donors (Lipinski definition) is 0. The topological polar surface area (TPSA) is 42.4 Å². The monoisotopic (exact) mass is 286 g/mol. The Morgan fingerprint density at radius 3 is 2.90 bits per heavy atom. The highest BCUT2D eigenvalue weighted by molar-refractivity contribution is 5.84. The molecule has 1 aromatic heterocycles. The number of hydrogen-bond acceptors (Lipinski definition) is 3. The van der Waals surface area contributed by atoms with Gasteiger partial charge in [0.25, 0.3) is 5.91 Å². The Morgan fingerprint density at radius 1 is 1.38 bits per heavy atom. The van der Waals surface area contributed by atoms with Crippen molar-refractivity contribution in [1.29, 1.82) is 0 Å². The molecule has 1 amide bonds. The van der Waals surface area contributed by atoms with E-state index < -0.39 is 0 Å². The number of pyridine rings is 1. The third-order valence-electron chi connectivity index (χ3n) is 4.35. The first-order valence-corrected chi connectivity index (χ1v) is 7.81. The lowest BCUT2D eigenvalue weighted by atomic mass is 10.0. The highest BCUT2D eigenvalue weighted by Crippen LogP contribution is 2.26. The molecule has 3 heterocycles. The lowest BCUT2D eigenvalue weighted by Crippen LogP contribution is -2.42. The molecule has 0 aromatic carbocycles. The van der Waals surface area contributed by atoms with Crippen LogP contribution in [0.25, 0.3) is 5.57 Å². The Morgan fingerprint density at radius 2 is 2.19 bits per heavy atom. The molecule has 2 aliphatic rings. The molecular formula is C17H22N2O2. The second-order valence-corrected chi connectivity index (χ2v) is 5.75. The maximum atomic E-state index is 12.6. The third-order valence-corrected chi connectivity index (χ3v) is 4.35. The smallest absolute Gasteiger partial charge is 0.252 e. The van der Waals surface area contributed by atoms with Crippen LogP contribution in [0.5, 0.6) is 0 Å². The van der Waals surface area contributed by atoms with Crippen LogP contribution in [0.3, 0.4) is 0 Å². The molecule has 4 heteroatoms. The summed E-state index contributed by atoms with van der Waals surface area (Å²) in [6.45, 7) is 3.59. The standard InChI is InChI=1S/C17H22N2O2/c1-2-15-5-6-16(21-15)17(20)19-11-3-4-14(12-19)13-7-9-18-10-8-13/h4,7-10,15-16H,2-3,5-6,11-12H2,1H3. The maximum absolute atomic E-state index is 12.6. The number of ether oxygens (including phenoxy) is 1. The summed E-state index contributed by atoms with van der Waals surface area (Å²) in [4.78, 5) is 18.6. The van der Waals surface area contributed by atoms with Crippen LogP contribution in [0.15, 0.2) is 30.6 Å². The van der Waals surface area contributed by atoms with E-state index in [1.165, 1.54) is 5.57 Å². The van der Waals surface area contributed by atoms with Gasteiger partial charge in [-0.25, -0.2) is 0 Å². The minimum absolute atomic E-state index is 0.158. The van der Waals surface area contributed by atoms with Gasteiger partial charge in [-0.05, 0) is 49.0 Å². The molecule has 0 saturated carbocycles. The molecule has 0 aliphatic carbocycles. The fraction of sp³-hybridized carbons (Fsp3) is 0.529. The summed E-state index contributed by atoms with van der Waals surface area (Å²) in [5.41, 5.74) is 2.36. The zero-order valence-corrected chi connectivity index (χ0v) is 12.5. The number of amides is 1. The van der Waals surface area contributed by atoms with Crippen molar-refractivity contribution in [2.45, 2.75) is 44.8 Å². The van der Waals surface area contributed by atoms with Gasteiger partial charge in [0.1, 0.15) is 6.10 Å². The van der Waals surface area contributed by atoms with Gasteiger partial charge < -0.3 is 9.64 Å². The van der Waals surface area contributed by atoms with Gasteiger partial charge in [-0.2, -0.15) is 0 Å². The van der Waals surface area contributed by atoms with Crippen molar-refractivity contribution in [3.8, 4) is 0 Å². The van der Waals surface area contributed by atoms with Crippen molar-refractivity contribution in [3.05, 3.63) is 36.2 Å². The Kier molecular flexibility index (Phi) is 4.34. The second-order valence-electron chi connectivity index (χ2n) is 5.75. The van der Waals surface area contributed by atoms with Crippen molar-refractivity contribution in [2.75, 3.05) is 13.1 Å². The van der Waals surface area contributed by atoms with Crippen molar-refractivity contribution in [1.82, 2.24) is 9.88 Å². The van der Waals surface area contributed by atoms with Crippen molar-refractivity contribution < 1.29 is 9.53 Å². The molecule has 1 aromatic rings. The summed E-state index contributed by atoms with van der Waals surface area (Å²) in [6.07, 6.45) is 9.62. The van der Waals surface area contributed by atoms with E-state index in [1.54, 1.807) is 12.4 Å². The molecule has 4 nitrogen and oxygen atoms in total. The van der Waals surface area contributed by atoms with Crippen molar-refractivity contribution in [3.63, 3.8) is 0 Å². The van der Waals surface area contributed by atoms with Gasteiger partial charge in [0.05, 0.1) is 6.10 Å². The van der Waals surface area contributed by atoms with Crippen LogP contribution in [0.2, 0.25) is 0 Å². The van der Waals surface area contributed by atoms with Crippen LogP contribution in [-0.2, 0) is 9.53 Å². The Balaban J connectivity index is 1.65. The number of carbonyl (C=O) groups is 1. The summed E-state index contributed by atoms with van der Waals surface area (Å²) in [5.74, 6) is 0.158. The predicted molar refractivity (Wildman–Crippen MR) is 81.6 cm³/mol. The van der Waals surface area contributed by atoms with Gasteiger partial charge in [-0.3, -0.25) is 9.78 Å². The lowest BCUT2D eigenvalue weighted by molar-refractivity contribution is -0.142. The molecule has 3 rings (SSSR count). The van der Waals surface area contributed by atoms with Gasteiger partial charge >= 0.3 is 0 Å². The van der Waals surface area contributed by atoms with Crippen LogP contribution in [0.1, 0.15) is 38.2 Å². The molecule has 1 saturated heterocycles. The van der Waals surface area contributed by atoms with Crippen LogP contribution >= 0.6 is 0 Å².